The highest BCUT2D eigenvalue weighted by Gasteiger charge is 2.43. The third-order valence-electron chi connectivity index (χ3n) is 3.53. The van der Waals surface area contributed by atoms with Crippen molar-refractivity contribution in [3.05, 3.63) is 35.4 Å². The number of aliphatic hydroxyl groups is 1. The van der Waals surface area contributed by atoms with Crippen LogP contribution >= 0.6 is 0 Å². The lowest BCUT2D eigenvalue weighted by Crippen LogP contribution is -2.28. The van der Waals surface area contributed by atoms with Crippen molar-refractivity contribution in [1.29, 1.82) is 5.26 Å². The summed E-state index contributed by atoms with van der Waals surface area (Å²) < 4.78 is 5.28. The molecule has 1 aromatic rings. The van der Waals surface area contributed by atoms with E-state index in [-0.39, 0.29) is 0 Å². The van der Waals surface area contributed by atoms with Gasteiger partial charge in [-0.3, -0.25) is 0 Å². The summed E-state index contributed by atoms with van der Waals surface area (Å²) in [5.74, 6) is 0. The Morgan fingerprint density at radius 3 is 2.88 bits per heavy atom. The van der Waals surface area contributed by atoms with Crippen LogP contribution in [0.2, 0.25) is 0 Å². The van der Waals surface area contributed by atoms with Crippen molar-refractivity contribution in [1.82, 2.24) is 0 Å². The first kappa shape index (κ1) is 12.1. The third kappa shape index (κ3) is 2.06. The molecule has 17 heavy (non-hydrogen) atoms. The van der Waals surface area contributed by atoms with Crippen molar-refractivity contribution < 1.29 is 9.84 Å². The molecule has 1 aliphatic heterocycles. The highest BCUT2D eigenvalue weighted by Crippen LogP contribution is 2.41. The van der Waals surface area contributed by atoms with Gasteiger partial charge in [-0.1, -0.05) is 31.2 Å². The number of aryl methyl sites for hydroxylation is 1. The average Bonchev–Trinajstić information content (AvgIpc) is 2.88. The predicted octanol–water partition coefficient (Wildman–Crippen LogP) is 2.21. The molecular formula is C14H17NO2. The average molecular weight is 231 g/mol. The number of rotatable bonds is 3. The normalized spacial score (nSPS) is 25.5. The van der Waals surface area contributed by atoms with Crippen molar-refractivity contribution in [2.75, 3.05) is 13.2 Å². The summed E-state index contributed by atoms with van der Waals surface area (Å²) in [6.45, 7) is 2.93. The Morgan fingerprint density at radius 2 is 2.29 bits per heavy atom. The summed E-state index contributed by atoms with van der Waals surface area (Å²) in [6.07, 6.45) is 0.698. The van der Waals surface area contributed by atoms with Crippen LogP contribution in [-0.4, -0.2) is 18.3 Å². The standard InChI is InChI=1S/C14H17NO2/c1-2-11-5-3-4-6-12(11)13(16)14(9-15)7-8-17-10-14/h3-6,13,16H,2,7-8,10H2,1H3. The minimum absolute atomic E-state index is 0.322. The second-order valence-corrected chi connectivity index (χ2v) is 4.53. The van der Waals surface area contributed by atoms with Crippen LogP contribution in [0.4, 0.5) is 0 Å². The summed E-state index contributed by atoms with van der Waals surface area (Å²) in [6, 6.07) is 10.0. The van der Waals surface area contributed by atoms with Gasteiger partial charge in [0.05, 0.1) is 12.7 Å². The van der Waals surface area contributed by atoms with E-state index in [4.69, 9.17) is 4.74 Å². The second-order valence-electron chi connectivity index (χ2n) is 4.53. The molecule has 2 unspecified atom stereocenters. The number of nitriles is 1. The largest absolute Gasteiger partial charge is 0.387 e. The monoisotopic (exact) mass is 231 g/mol. The van der Waals surface area contributed by atoms with Gasteiger partial charge in [-0.2, -0.15) is 5.26 Å². The molecule has 3 nitrogen and oxygen atoms in total. The summed E-state index contributed by atoms with van der Waals surface area (Å²) >= 11 is 0. The highest BCUT2D eigenvalue weighted by atomic mass is 16.5. The van der Waals surface area contributed by atoms with Gasteiger partial charge in [0.1, 0.15) is 11.5 Å². The number of ether oxygens (including phenoxy) is 1. The Hall–Kier alpha value is -1.37. The second kappa shape index (κ2) is 4.87. The van der Waals surface area contributed by atoms with Crippen molar-refractivity contribution in [3.63, 3.8) is 0 Å². The Kier molecular flexibility index (Phi) is 3.46. The molecule has 0 spiro atoms. The molecule has 0 amide bonds. The fourth-order valence-corrected chi connectivity index (χ4v) is 2.37. The van der Waals surface area contributed by atoms with Crippen molar-refractivity contribution in [2.45, 2.75) is 25.9 Å². The number of hydrogen-bond acceptors (Lipinski definition) is 3. The zero-order chi connectivity index (χ0) is 12.3. The fourth-order valence-electron chi connectivity index (χ4n) is 2.37. The molecule has 1 N–H and O–H groups in total. The van der Waals surface area contributed by atoms with E-state index < -0.39 is 11.5 Å². The third-order valence-corrected chi connectivity index (χ3v) is 3.53. The van der Waals surface area contributed by atoms with Gasteiger partial charge < -0.3 is 9.84 Å². The summed E-state index contributed by atoms with van der Waals surface area (Å²) in [4.78, 5) is 0. The number of benzene rings is 1. The quantitative estimate of drug-likeness (QED) is 0.867. The van der Waals surface area contributed by atoms with Gasteiger partial charge in [0.25, 0.3) is 0 Å². The number of aliphatic hydroxyl groups excluding tert-OH is 1. The van der Waals surface area contributed by atoms with Crippen molar-refractivity contribution in [3.8, 4) is 6.07 Å². The van der Waals surface area contributed by atoms with E-state index in [2.05, 4.69) is 13.0 Å². The molecule has 3 heteroatoms. The number of nitrogens with zero attached hydrogens (tertiary/aromatic N) is 1. The van der Waals surface area contributed by atoms with Crippen LogP contribution in [0.15, 0.2) is 24.3 Å². The molecule has 2 atom stereocenters. The first-order valence-electron chi connectivity index (χ1n) is 5.98. The van der Waals surface area contributed by atoms with Crippen LogP contribution in [0, 0.1) is 16.7 Å². The minimum atomic E-state index is -0.773. The van der Waals surface area contributed by atoms with Gasteiger partial charge >= 0.3 is 0 Å². The van der Waals surface area contributed by atoms with E-state index in [1.165, 1.54) is 0 Å². The van der Waals surface area contributed by atoms with E-state index >= 15 is 0 Å². The molecule has 0 radical (unpaired) electrons. The first-order valence-corrected chi connectivity index (χ1v) is 5.98. The molecule has 90 valence electrons. The summed E-state index contributed by atoms with van der Waals surface area (Å²) in [7, 11) is 0. The zero-order valence-corrected chi connectivity index (χ0v) is 10.0. The number of hydrogen-bond donors (Lipinski definition) is 1. The summed E-state index contributed by atoms with van der Waals surface area (Å²) in [5.41, 5.74) is 1.19. The van der Waals surface area contributed by atoms with Gasteiger partial charge in [-0.15, -0.1) is 0 Å². The van der Waals surface area contributed by atoms with Crippen LogP contribution in [0.3, 0.4) is 0 Å². The summed E-state index contributed by atoms with van der Waals surface area (Å²) in [5, 5.41) is 19.8. The molecule has 0 bridgehead atoms. The lowest BCUT2D eigenvalue weighted by atomic mass is 9.78. The molecule has 0 aliphatic carbocycles. The van der Waals surface area contributed by atoms with Gasteiger partial charge in [-0.25, -0.2) is 0 Å². The van der Waals surface area contributed by atoms with Gasteiger partial charge in [-0.05, 0) is 24.0 Å². The van der Waals surface area contributed by atoms with Gasteiger partial charge in [0, 0.05) is 6.61 Å². The van der Waals surface area contributed by atoms with Crippen LogP contribution in [0.25, 0.3) is 0 Å². The van der Waals surface area contributed by atoms with Gasteiger partial charge in [0.15, 0.2) is 0 Å². The molecule has 1 aromatic carbocycles. The molecule has 2 rings (SSSR count). The smallest absolute Gasteiger partial charge is 0.113 e. The van der Waals surface area contributed by atoms with E-state index in [1.54, 1.807) is 0 Å². The van der Waals surface area contributed by atoms with E-state index in [0.717, 1.165) is 17.5 Å². The molecule has 0 saturated carbocycles. The zero-order valence-electron chi connectivity index (χ0n) is 10.0. The minimum Gasteiger partial charge on any atom is -0.387 e. The van der Waals surface area contributed by atoms with Gasteiger partial charge in [0.2, 0.25) is 0 Å². The molecule has 1 aliphatic rings. The lowest BCUT2D eigenvalue weighted by Gasteiger charge is -2.27. The maximum Gasteiger partial charge on any atom is 0.113 e. The van der Waals surface area contributed by atoms with Crippen LogP contribution in [-0.2, 0) is 11.2 Å². The predicted molar refractivity (Wildman–Crippen MR) is 64.3 cm³/mol. The molecule has 1 heterocycles. The molecule has 1 fully saturated rings. The van der Waals surface area contributed by atoms with E-state index in [9.17, 15) is 10.4 Å². The van der Waals surface area contributed by atoms with E-state index in [1.807, 2.05) is 24.3 Å². The Morgan fingerprint density at radius 1 is 1.53 bits per heavy atom. The topological polar surface area (TPSA) is 53.2 Å². The van der Waals surface area contributed by atoms with Crippen molar-refractivity contribution in [2.24, 2.45) is 5.41 Å². The molecule has 0 aromatic heterocycles. The molecule has 1 saturated heterocycles. The maximum absolute atomic E-state index is 10.5. The highest BCUT2D eigenvalue weighted by molar-refractivity contribution is 5.32. The Balaban J connectivity index is 2.36. The maximum atomic E-state index is 10.5. The fraction of sp³-hybridized carbons (Fsp3) is 0.500. The first-order chi connectivity index (χ1) is 8.23. The van der Waals surface area contributed by atoms with Crippen LogP contribution in [0.1, 0.15) is 30.6 Å². The Labute approximate surface area is 102 Å². The Bertz CT molecular complexity index is 430. The van der Waals surface area contributed by atoms with Crippen LogP contribution in [0.5, 0.6) is 0 Å². The van der Waals surface area contributed by atoms with Crippen molar-refractivity contribution >= 4 is 0 Å². The molecular weight excluding hydrogens is 214 g/mol. The van der Waals surface area contributed by atoms with E-state index in [0.29, 0.717) is 19.6 Å². The van der Waals surface area contributed by atoms with Crippen LogP contribution < -0.4 is 0 Å². The lowest BCUT2D eigenvalue weighted by molar-refractivity contribution is 0.0498. The SMILES string of the molecule is CCc1ccccc1C(O)C1(C#N)CCOC1.